The Morgan fingerprint density at radius 2 is 1.82 bits per heavy atom. The van der Waals surface area contributed by atoms with Crippen molar-refractivity contribution in [3.63, 3.8) is 0 Å². The number of piperidine rings is 1. The smallest absolute Gasteiger partial charge is 0.236 e. The molecule has 3 rings (SSSR count). The van der Waals surface area contributed by atoms with Gasteiger partial charge in [0.2, 0.25) is 17.7 Å². The van der Waals surface area contributed by atoms with Gasteiger partial charge in [-0.25, -0.2) is 0 Å². The molecule has 1 aliphatic heterocycles. The first-order valence-corrected chi connectivity index (χ1v) is 11.4. The summed E-state index contributed by atoms with van der Waals surface area (Å²) >= 11 is 0. The Morgan fingerprint density at radius 1 is 1.09 bits per heavy atom. The molecule has 33 heavy (non-hydrogen) atoms. The van der Waals surface area contributed by atoms with Gasteiger partial charge in [-0.3, -0.25) is 14.4 Å². The molecule has 176 valence electrons. The summed E-state index contributed by atoms with van der Waals surface area (Å²) in [7, 11) is 0. The molecule has 0 radical (unpaired) electrons. The third-order valence-electron chi connectivity index (χ3n) is 5.76. The lowest BCUT2D eigenvalue weighted by atomic mass is 9.91. The van der Waals surface area contributed by atoms with Crippen LogP contribution in [0.3, 0.4) is 0 Å². The number of carbonyl (C=O) groups is 3. The van der Waals surface area contributed by atoms with Gasteiger partial charge in [0.25, 0.3) is 0 Å². The lowest BCUT2D eigenvalue weighted by Gasteiger charge is -2.36. The number of nitrogens with two attached hydrogens (primary N) is 1. The second-order valence-electron chi connectivity index (χ2n) is 9.69. The van der Waals surface area contributed by atoms with Crippen molar-refractivity contribution < 1.29 is 14.4 Å². The second kappa shape index (κ2) is 10.5. The maximum atomic E-state index is 13.0. The van der Waals surface area contributed by atoms with Crippen LogP contribution < -0.4 is 16.0 Å². The fourth-order valence-electron chi connectivity index (χ4n) is 4.11. The molecule has 2 aromatic carbocycles. The number of benzene rings is 2. The van der Waals surface area contributed by atoms with Crippen LogP contribution in [0.4, 0.5) is 11.4 Å². The van der Waals surface area contributed by atoms with Crippen LogP contribution in [0.25, 0.3) is 0 Å². The van der Waals surface area contributed by atoms with Crippen molar-refractivity contribution in [2.45, 2.75) is 40.2 Å². The van der Waals surface area contributed by atoms with Crippen molar-refractivity contribution in [2.75, 3.05) is 29.9 Å². The first kappa shape index (κ1) is 24.3. The van der Waals surface area contributed by atoms with Gasteiger partial charge in [-0.15, -0.1) is 0 Å². The van der Waals surface area contributed by atoms with Crippen LogP contribution in [0.2, 0.25) is 0 Å². The molecule has 0 bridgehead atoms. The summed E-state index contributed by atoms with van der Waals surface area (Å²) in [5.41, 5.74) is 7.52. The molecule has 0 spiro atoms. The van der Waals surface area contributed by atoms with Crippen molar-refractivity contribution in [1.82, 2.24) is 4.90 Å². The Labute approximate surface area is 195 Å². The minimum atomic E-state index is -0.463. The number of anilines is 2. The number of primary amides is 1. The van der Waals surface area contributed by atoms with Crippen LogP contribution in [0.15, 0.2) is 54.6 Å². The lowest BCUT2D eigenvalue weighted by molar-refractivity contribution is -0.142. The zero-order chi connectivity index (χ0) is 24.0. The molecule has 1 aliphatic rings. The van der Waals surface area contributed by atoms with E-state index in [0.717, 1.165) is 24.1 Å². The summed E-state index contributed by atoms with van der Waals surface area (Å²) < 4.78 is 0. The molecule has 1 atom stereocenters. The van der Waals surface area contributed by atoms with E-state index in [-0.39, 0.29) is 24.3 Å². The zero-order valence-corrected chi connectivity index (χ0v) is 19.7. The molecule has 1 saturated heterocycles. The molecule has 0 aromatic heterocycles. The Hall–Kier alpha value is -3.35. The van der Waals surface area contributed by atoms with Crippen LogP contribution in [0, 0.1) is 11.3 Å². The van der Waals surface area contributed by atoms with Crippen molar-refractivity contribution in [1.29, 1.82) is 0 Å². The summed E-state index contributed by atoms with van der Waals surface area (Å²) in [6.07, 6.45) is 1.56. The van der Waals surface area contributed by atoms with Gasteiger partial charge >= 0.3 is 0 Å². The highest BCUT2D eigenvalue weighted by atomic mass is 16.2. The fourth-order valence-corrected chi connectivity index (χ4v) is 4.11. The Kier molecular flexibility index (Phi) is 7.74. The molecule has 1 heterocycles. The number of nitrogens with one attached hydrogen (secondary N) is 1. The first-order valence-electron chi connectivity index (χ1n) is 11.4. The summed E-state index contributed by atoms with van der Waals surface area (Å²) in [5.74, 6) is -0.695. The van der Waals surface area contributed by atoms with E-state index in [0.29, 0.717) is 25.3 Å². The molecule has 0 saturated carbocycles. The number of hydrogen-bond donors (Lipinski definition) is 2. The van der Waals surface area contributed by atoms with Crippen LogP contribution in [-0.4, -0.2) is 42.3 Å². The number of likely N-dealkylation sites (tertiary alicyclic amines) is 1. The van der Waals surface area contributed by atoms with Gasteiger partial charge in [0.1, 0.15) is 0 Å². The third-order valence-corrected chi connectivity index (χ3v) is 5.76. The highest BCUT2D eigenvalue weighted by molar-refractivity contribution is 5.94. The number of hydrogen-bond acceptors (Lipinski definition) is 4. The van der Waals surface area contributed by atoms with E-state index in [1.54, 1.807) is 4.90 Å². The highest BCUT2D eigenvalue weighted by Gasteiger charge is 2.33. The molecule has 0 aliphatic carbocycles. The van der Waals surface area contributed by atoms with E-state index < -0.39 is 11.3 Å². The predicted molar refractivity (Wildman–Crippen MR) is 131 cm³/mol. The minimum Gasteiger partial charge on any atom is -0.368 e. The molecule has 1 fully saturated rings. The minimum absolute atomic E-state index is 0.0682. The average molecular weight is 451 g/mol. The first-order chi connectivity index (χ1) is 15.6. The maximum Gasteiger partial charge on any atom is 0.236 e. The van der Waals surface area contributed by atoms with Crippen LogP contribution >= 0.6 is 0 Å². The van der Waals surface area contributed by atoms with E-state index in [2.05, 4.69) is 5.32 Å². The van der Waals surface area contributed by atoms with Crippen molar-refractivity contribution in [3.05, 3.63) is 60.2 Å². The van der Waals surface area contributed by atoms with E-state index in [1.807, 2.05) is 80.3 Å². The quantitative estimate of drug-likeness (QED) is 0.676. The van der Waals surface area contributed by atoms with Gasteiger partial charge < -0.3 is 20.9 Å². The molecule has 2 aromatic rings. The average Bonchev–Trinajstić information content (AvgIpc) is 2.78. The third kappa shape index (κ3) is 6.81. The highest BCUT2D eigenvalue weighted by Crippen LogP contribution is 2.26. The number of nitrogens with zero attached hydrogens (tertiary/aromatic N) is 2. The van der Waals surface area contributed by atoms with Crippen LogP contribution in [0.1, 0.15) is 39.2 Å². The van der Waals surface area contributed by atoms with Crippen LogP contribution in [0.5, 0.6) is 0 Å². The zero-order valence-electron chi connectivity index (χ0n) is 19.7. The van der Waals surface area contributed by atoms with E-state index in [9.17, 15) is 14.4 Å². The van der Waals surface area contributed by atoms with Crippen molar-refractivity contribution in [2.24, 2.45) is 17.1 Å². The predicted octanol–water partition coefficient (Wildman–Crippen LogP) is 3.40. The van der Waals surface area contributed by atoms with Crippen molar-refractivity contribution >= 4 is 29.1 Å². The lowest BCUT2D eigenvalue weighted by Crippen LogP contribution is -2.47. The van der Waals surface area contributed by atoms with E-state index in [4.69, 9.17) is 5.73 Å². The van der Waals surface area contributed by atoms with E-state index in [1.165, 1.54) is 0 Å². The van der Waals surface area contributed by atoms with E-state index >= 15 is 0 Å². The molecular formula is C26H34N4O3. The molecule has 7 nitrogen and oxygen atoms in total. The number of carbonyl (C=O) groups excluding carboxylic acids is 3. The summed E-state index contributed by atoms with van der Waals surface area (Å²) in [6, 6.07) is 17.3. The molecule has 7 heteroatoms. The number of rotatable bonds is 7. The standard InChI is InChI=1S/C26H34N4O3/c1-26(2,3)25(33)29-14-8-11-20(17-29)24(32)28-21-12-7-13-22(15-21)30(18-23(27)31)16-19-9-5-4-6-10-19/h4-7,9-10,12-13,15,20H,8,11,14,16-18H2,1-3H3,(H2,27,31)(H,28,32). The Morgan fingerprint density at radius 3 is 2.48 bits per heavy atom. The molecule has 3 N–H and O–H groups in total. The summed E-state index contributed by atoms with van der Waals surface area (Å²) in [6.45, 7) is 7.42. The summed E-state index contributed by atoms with van der Waals surface area (Å²) in [5, 5.41) is 3.00. The van der Waals surface area contributed by atoms with Gasteiger partial charge in [0.15, 0.2) is 0 Å². The van der Waals surface area contributed by atoms with Gasteiger partial charge in [0, 0.05) is 36.4 Å². The van der Waals surface area contributed by atoms with Crippen molar-refractivity contribution in [3.8, 4) is 0 Å². The number of amides is 3. The topological polar surface area (TPSA) is 95.7 Å². The fraction of sp³-hybridized carbons (Fsp3) is 0.423. The molecule has 3 amide bonds. The van der Waals surface area contributed by atoms with Gasteiger partial charge in [0.05, 0.1) is 12.5 Å². The Balaban J connectivity index is 1.71. The second-order valence-corrected chi connectivity index (χ2v) is 9.69. The van der Waals surface area contributed by atoms with Crippen LogP contribution in [-0.2, 0) is 20.9 Å². The molecular weight excluding hydrogens is 416 g/mol. The molecule has 1 unspecified atom stereocenters. The van der Waals surface area contributed by atoms with Gasteiger partial charge in [-0.2, -0.15) is 0 Å². The maximum absolute atomic E-state index is 13.0. The van der Waals surface area contributed by atoms with Gasteiger partial charge in [-0.05, 0) is 36.6 Å². The summed E-state index contributed by atoms with van der Waals surface area (Å²) in [4.78, 5) is 41.0. The normalized spacial score (nSPS) is 16.2. The SMILES string of the molecule is CC(C)(C)C(=O)N1CCCC(C(=O)Nc2cccc(N(CC(N)=O)Cc3ccccc3)c2)C1. The monoisotopic (exact) mass is 450 g/mol. The van der Waals surface area contributed by atoms with Gasteiger partial charge in [-0.1, -0.05) is 57.2 Å². The Bertz CT molecular complexity index is 985. The largest absolute Gasteiger partial charge is 0.368 e.